The maximum absolute atomic E-state index is 13.1. The third-order valence-electron chi connectivity index (χ3n) is 3.23. The van der Waals surface area contributed by atoms with Crippen LogP contribution in [-0.2, 0) is 8.85 Å². The molecule has 0 atom stereocenters. The monoisotopic (exact) mass is 401 g/mol. The summed E-state index contributed by atoms with van der Waals surface area (Å²) in [5.74, 6) is -3.41. The van der Waals surface area contributed by atoms with Crippen LogP contribution in [0.4, 0.5) is 26.3 Å². The molecule has 0 aliphatic carbocycles. The standard InChI is InChI=1S/C10H16ClF6N4O2Si/c1-20(2)5-24(11,22-7(18-20)9(12,13)14)6-21(3,4)19-8(23-24)10(15,16)17/h5-6H2,1-4H3/q+1. The molecular formula is C10H16ClF6N4O2Si+. The second kappa shape index (κ2) is 4.77. The van der Waals surface area contributed by atoms with Crippen LogP contribution in [0.5, 0.6) is 0 Å². The summed E-state index contributed by atoms with van der Waals surface area (Å²) in [4.78, 5) is 0. The molecule has 2 aliphatic heterocycles. The van der Waals surface area contributed by atoms with Gasteiger partial charge in [-0.1, -0.05) is 0 Å². The van der Waals surface area contributed by atoms with Gasteiger partial charge < -0.3 is 0 Å². The molecule has 0 radical (unpaired) electrons. The topological polar surface area (TPSA) is 43.2 Å². The van der Waals surface area contributed by atoms with Gasteiger partial charge in [0.2, 0.25) is 0 Å². The number of quaternary nitrogens is 2. The molecule has 0 aromatic carbocycles. The molecule has 0 saturated carbocycles. The Labute approximate surface area is 138 Å². The van der Waals surface area contributed by atoms with Crippen molar-refractivity contribution in [2.75, 3.05) is 40.5 Å². The van der Waals surface area contributed by atoms with Gasteiger partial charge >= 0.3 is 137 Å². The summed E-state index contributed by atoms with van der Waals surface area (Å²) >= 11 is 6.36. The van der Waals surface area contributed by atoms with Crippen molar-refractivity contribution in [3.63, 3.8) is 0 Å². The normalized spacial score (nSPS) is 29.4. The Morgan fingerprint density at radius 1 is 0.833 bits per heavy atom. The van der Waals surface area contributed by atoms with E-state index in [1.807, 2.05) is 0 Å². The molecule has 0 fully saturated rings. The van der Waals surface area contributed by atoms with Gasteiger partial charge in [-0.2, -0.15) is 0 Å². The predicted molar refractivity (Wildman–Crippen MR) is 74.7 cm³/mol. The molecule has 0 saturated heterocycles. The molecule has 0 bridgehead atoms. The summed E-state index contributed by atoms with van der Waals surface area (Å²) in [5.41, 5.74) is 0. The van der Waals surface area contributed by atoms with E-state index in [1.54, 1.807) is 0 Å². The van der Waals surface area contributed by atoms with Gasteiger partial charge in [0.1, 0.15) is 0 Å². The summed E-state index contributed by atoms with van der Waals surface area (Å²) in [6.07, 6.45) is -11.0. The van der Waals surface area contributed by atoms with Gasteiger partial charge in [0.15, 0.2) is 0 Å². The summed E-state index contributed by atoms with van der Waals surface area (Å²) in [7, 11) is -0.223. The van der Waals surface area contributed by atoms with Crippen molar-refractivity contribution >= 4 is 30.0 Å². The van der Waals surface area contributed by atoms with Crippen LogP contribution in [-0.4, -0.2) is 81.0 Å². The fourth-order valence-electron chi connectivity index (χ4n) is 2.93. The molecule has 24 heavy (non-hydrogen) atoms. The molecule has 0 aromatic rings. The van der Waals surface area contributed by atoms with Crippen LogP contribution in [0.1, 0.15) is 0 Å². The van der Waals surface area contributed by atoms with Crippen LogP contribution < -0.4 is 0 Å². The van der Waals surface area contributed by atoms with Gasteiger partial charge in [-0.3, -0.25) is 0 Å². The number of rotatable bonds is 0. The summed E-state index contributed by atoms with van der Waals surface area (Å²) in [5, 5.41) is 6.74. The fourth-order valence-corrected chi connectivity index (χ4v) is 9.77. The van der Waals surface area contributed by atoms with Gasteiger partial charge in [-0.15, -0.1) is 0 Å². The van der Waals surface area contributed by atoms with Gasteiger partial charge in [-0.05, 0) is 0 Å². The molecule has 0 amide bonds. The van der Waals surface area contributed by atoms with Crippen LogP contribution in [0.3, 0.4) is 0 Å². The van der Waals surface area contributed by atoms with Crippen LogP contribution in [0, 0.1) is 0 Å². The summed E-state index contributed by atoms with van der Waals surface area (Å²) in [6, 6.07) is 0. The van der Waals surface area contributed by atoms with E-state index < -0.39 is 52.8 Å². The molecule has 0 N–H and O–H groups in total. The number of halogens is 7. The van der Waals surface area contributed by atoms with E-state index in [0.717, 1.165) is 0 Å². The number of hydrogen-bond acceptors (Lipinski definition) is 4. The minimum absolute atomic E-state index is 0.460. The average molecular weight is 402 g/mol. The van der Waals surface area contributed by atoms with Crippen LogP contribution in [0.2, 0.25) is 0 Å². The molecule has 2 aliphatic rings. The first-order chi connectivity index (χ1) is 10.3. The van der Waals surface area contributed by atoms with Gasteiger partial charge in [0.05, 0.1) is 0 Å². The first-order valence-corrected chi connectivity index (χ1v) is 10.4. The molecule has 1 spiro atoms. The van der Waals surface area contributed by atoms with Crippen molar-refractivity contribution in [1.82, 2.24) is 0 Å². The maximum atomic E-state index is 13.1. The van der Waals surface area contributed by atoms with Crippen LogP contribution in [0.15, 0.2) is 10.2 Å². The summed E-state index contributed by atoms with van der Waals surface area (Å²) in [6.45, 7) is 0. The Morgan fingerprint density at radius 2 is 1.12 bits per heavy atom. The molecule has 6 nitrogen and oxygen atoms in total. The van der Waals surface area contributed by atoms with Gasteiger partial charge in [0, 0.05) is 0 Å². The van der Waals surface area contributed by atoms with E-state index in [9.17, 15) is 26.3 Å². The fraction of sp³-hybridized carbons (Fsp3) is 0.800. The van der Waals surface area contributed by atoms with E-state index in [4.69, 9.17) is 19.9 Å². The molecule has 2 rings (SSSR count). The van der Waals surface area contributed by atoms with Crippen molar-refractivity contribution < 1.29 is 44.4 Å². The van der Waals surface area contributed by atoms with Crippen molar-refractivity contribution in [3.8, 4) is 0 Å². The van der Waals surface area contributed by atoms with E-state index in [1.165, 1.54) is 28.2 Å². The SMILES string of the molecule is C[N+]1(C)C[Si-]2(Cl)(C[N+](C)(C)N=C(C(F)(F)F)O2)OC(C(F)(F)F)=N1. The zero-order valence-corrected chi connectivity index (χ0v) is 14.9. The molecule has 14 heteroatoms. The number of nitrogens with zero attached hydrogens (tertiary/aromatic N) is 4. The summed E-state index contributed by atoms with van der Waals surface area (Å²) < 4.78 is 87.0. The van der Waals surface area contributed by atoms with E-state index in [0.29, 0.717) is 0 Å². The Bertz CT molecular complexity index is 578. The zero-order chi connectivity index (χ0) is 18.8. The molecule has 2 heterocycles. The molecule has 0 aromatic heterocycles. The van der Waals surface area contributed by atoms with Crippen molar-refractivity contribution in [2.45, 2.75) is 12.4 Å². The quantitative estimate of drug-likeness (QED) is 0.270. The van der Waals surface area contributed by atoms with Gasteiger partial charge in [-0.25, -0.2) is 0 Å². The Balaban J connectivity index is 2.60. The predicted octanol–water partition coefficient (Wildman–Crippen LogP) is 2.16. The van der Waals surface area contributed by atoms with Crippen LogP contribution in [0.25, 0.3) is 0 Å². The second-order valence-electron chi connectivity index (χ2n) is 6.90. The van der Waals surface area contributed by atoms with Crippen molar-refractivity contribution in [1.29, 1.82) is 0 Å². The van der Waals surface area contributed by atoms with Crippen molar-refractivity contribution in [2.24, 2.45) is 10.2 Å². The van der Waals surface area contributed by atoms with Crippen LogP contribution >= 0.6 is 11.1 Å². The number of hydrogen-bond donors (Lipinski definition) is 0. The molecule has 140 valence electrons. The first kappa shape index (κ1) is 19.3. The Kier molecular flexibility index (Phi) is 3.83. The Hall–Kier alpha value is -1.05. The molecular weight excluding hydrogens is 386 g/mol. The molecule has 0 unspecified atom stereocenters. The number of alkyl halides is 6. The third-order valence-corrected chi connectivity index (χ3v) is 8.44. The van der Waals surface area contributed by atoms with E-state index in [-0.39, 0.29) is 0 Å². The van der Waals surface area contributed by atoms with Gasteiger partial charge in [0.25, 0.3) is 0 Å². The first-order valence-electron chi connectivity index (χ1n) is 6.62. The third kappa shape index (κ3) is 3.78. The average Bonchev–Trinajstić information content (AvgIpc) is 2.19. The Morgan fingerprint density at radius 3 is 1.38 bits per heavy atom. The van der Waals surface area contributed by atoms with E-state index in [2.05, 4.69) is 10.2 Å². The second-order valence-corrected chi connectivity index (χ2v) is 13.1. The van der Waals surface area contributed by atoms with Crippen molar-refractivity contribution in [3.05, 3.63) is 0 Å². The van der Waals surface area contributed by atoms with E-state index >= 15 is 0 Å². The minimum atomic E-state index is -5.27. The zero-order valence-electron chi connectivity index (χ0n) is 13.2.